The molecule has 1 N–H and O–H groups in total. The molecule has 2 aromatic carbocycles. The number of hydrogen-bond donors (Lipinski definition) is 1. The van der Waals surface area contributed by atoms with Gasteiger partial charge in [0.25, 0.3) is 11.7 Å². The van der Waals surface area contributed by atoms with Crippen LogP contribution in [0.3, 0.4) is 0 Å². The molecule has 168 valence electrons. The minimum atomic E-state index is -0.830. The quantitative estimate of drug-likeness (QED) is 0.351. The summed E-state index contributed by atoms with van der Waals surface area (Å²) in [7, 11) is 3.09. The summed E-state index contributed by atoms with van der Waals surface area (Å²) in [6.45, 7) is 1.99. The lowest BCUT2D eigenvalue weighted by atomic mass is 9.94. The molecule has 3 aromatic rings. The molecule has 0 saturated carbocycles. The van der Waals surface area contributed by atoms with Crippen LogP contribution in [-0.2, 0) is 16.1 Å². The van der Waals surface area contributed by atoms with Crippen LogP contribution in [0.1, 0.15) is 28.3 Å². The molecule has 4 rings (SSSR count). The summed E-state index contributed by atoms with van der Waals surface area (Å²) in [6.07, 6.45) is 3.28. The highest BCUT2D eigenvalue weighted by Crippen LogP contribution is 2.43. The van der Waals surface area contributed by atoms with Gasteiger partial charge >= 0.3 is 0 Å². The number of amides is 1. The Hall–Kier alpha value is -4.13. The molecule has 1 atom stereocenters. The zero-order valence-corrected chi connectivity index (χ0v) is 18.6. The molecular weight excluding hydrogens is 420 g/mol. The largest absolute Gasteiger partial charge is 0.507 e. The average Bonchev–Trinajstić information content (AvgIpc) is 3.09. The molecule has 33 heavy (non-hydrogen) atoms. The Labute approximate surface area is 191 Å². The number of likely N-dealkylation sites (tertiary alicyclic amines) is 1. The van der Waals surface area contributed by atoms with Crippen molar-refractivity contribution in [1.29, 1.82) is 0 Å². The first-order valence-corrected chi connectivity index (χ1v) is 10.4. The van der Waals surface area contributed by atoms with Crippen molar-refractivity contribution in [2.45, 2.75) is 19.5 Å². The summed E-state index contributed by atoms with van der Waals surface area (Å²) in [5, 5.41) is 11.3. The summed E-state index contributed by atoms with van der Waals surface area (Å²) >= 11 is 0. The molecular formula is C26H24N2O5. The second-order valence-electron chi connectivity index (χ2n) is 7.71. The standard InChI is InChI=1S/C26H24N2O5/c1-16-13-18(10-11-20(16)32-2)24(29)22-23(19-8-4-5-9-21(19)33-3)28(26(31)25(22)30)15-17-7-6-12-27-14-17/h4-14,23,29H,15H2,1-3H3/t23-/m1/s1. The van der Waals surface area contributed by atoms with Crippen LogP contribution in [0.2, 0.25) is 0 Å². The molecule has 7 heteroatoms. The minimum Gasteiger partial charge on any atom is -0.507 e. The van der Waals surface area contributed by atoms with Gasteiger partial charge < -0.3 is 19.5 Å². The zero-order chi connectivity index (χ0) is 23.5. The van der Waals surface area contributed by atoms with E-state index in [1.807, 2.05) is 19.1 Å². The van der Waals surface area contributed by atoms with Crippen molar-refractivity contribution in [2.75, 3.05) is 14.2 Å². The highest BCUT2D eigenvalue weighted by molar-refractivity contribution is 6.46. The lowest BCUT2D eigenvalue weighted by Crippen LogP contribution is -2.29. The van der Waals surface area contributed by atoms with Crippen LogP contribution in [0.5, 0.6) is 11.5 Å². The SMILES string of the molecule is COc1ccc(C(O)=C2C(=O)C(=O)N(Cc3cccnc3)[C@@H]2c2ccccc2OC)cc1C. The van der Waals surface area contributed by atoms with Crippen molar-refractivity contribution in [3.05, 3.63) is 94.8 Å². The maximum Gasteiger partial charge on any atom is 0.295 e. The number of aryl methyl sites for hydroxylation is 1. The number of Topliss-reactive ketones (excluding diaryl/α,β-unsaturated/α-hetero) is 1. The number of rotatable bonds is 6. The third-order valence-electron chi connectivity index (χ3n) is 5.72. The van der Waals surface area contributed by atoms with E-state index in [0.29, 0.717) is 22.6 Å². The number of carbonyl (C=O) groups is 2. The van der Waals surface area contributed by atoms with Gasteiger partial charge in [-0.3, -0.25) is 14.6 Å². The highest BCUT2D eigenvalue weighted by Gasteiger charge is 2.47. The third kappa shape index (κ3) is 4.05. The smallest absolute Gasteiger partial charge is 0.295 e. The number of aromatic nitrogens is 1. The van der Waals surface area contributed by atoms with Gasteiger partial charge in [0.2, 0.25) is 0 Å². The Morgan fingerprint density at radius 1 is 1.03 bits per heavy atom. The minimum absolute atomic E-state index is 0.0120. The molecule has 7 nitrogen and oxygen atoms in total. The van der Waals surface area contributed by atoms with Gasteiger partial charge in [-0.1, -0.05) is 24.3 Å². The number of ether oxygens (including phenoxy) is 2. The number of methoxy groups -OCH3 is 2. The fraction of sp³-hybridized carbons (Fsp3) is 0.192. The van der Waals surface area contributed by atoms with Gasteiger partial charge in [-0.15, -0.1) is 0 Å². The average molecular weight is 444 g/mol. The van der Waals surface area contributed by atoms with Crippen LogP contribution in [-0.4, -0.2) is 40.9 Å². The van der Waals surface area contributed by atoms with Gasteiger partial charge in [-0.25, -0.2) is 0 Å². The van der Waals surface area contributed by atoms with Gasteiger partial charge in [0.05, 0.1) is 25.8 Å². The second-order valence-corrected chi connectivity index (χ2v) is 7.71. The molecule has 1 aliphatic rings. The van der Waals surface area contributed by atoms with E-state index < -0.39 is 17.7 Å². The predicted molar refractivity (Wildman–Crippen MR) is 123 cm³/mol. The fourth-order valence-electron chi connectivity index (χ4n) is 4.13. The lowest BCUT2D eigenvalue weighted by Gasteiger charge is -2.26. The zero-order valence-electron chi connectivity index (χ0n) is 18.6. The van der Waals surface area contributed by atoms with Gasteiger partial charge in [0.1, 0.15) is 17.3 Å². The number of para-hydroxylation sites is 1. The molecule has 0 unspecified atom stereocenters. The first kappa shape index (κ1) is 22.1. The number of benzene rings is 2. The van der Waals surface area contributed by atoms with Gasteiger partial charge in [0, 0.05) is 30.1 Å². The van der Waals surface area contributed by atoms with E-state index in [1.165, 1.54) is 12.0 Å². The topological polar surface area (TPSA) is 89.0 Å². The molecule has 1 aliphatic heterocycles. The van der Waals surface area contributed by atoms with E-state index >= 15 is 0 Å². The van der Waals surface area contributed by atoms with Crippen LogP contribution >= 0.6 is 0 Å². The Balaban J connectivity index is 1.90. The third-order valence-corrected chi connectivity index (χ3v) is 5.72. The normalized spacial score (nSPS) is 17.3. The molecule has 1 amide bonds. The maximum absolute atomic E-state index is 13.2. The molecule has 0 spiro atoms. The summed E-state index contributed by atoms with van der Waals surface area (Å²) in [4.78, 5) is 31.9. The van der Waals surface area contributed by atoms with Gasteiger partial charge in [0.15, 0.2) is 0 Å². The van der Waals surface area contributed by atoms with Gasteiger partial charge in [-0.2, -0.15) is 0 Å². The van der Waals surface area contributed by atoms with Crippen molar-refractivity contribution >= 4 is 17.4 Å². The fourth-order valence-corrected chi connectivity index (χ4v) is 4.13. The summed E-state index contributed by atoms with van der Waals surface area (Å²) in [6, 6.07) is 15.0. The molecule has 0 bridgehead atoms. The Morgan fingerprint density at radius 2 is 1.79 bits per heavy atom. The van der Waals surface area contributed by atoms with Gasteiger partial charge in [-0.05, 0) is 48.4 Å². The Kier molecular flexibility index (Phi) is 6.13. The van der Waals surface area contributed by atoms with E-state index in [9.17, 15) is 14.7 Å². The predicted octanol–water partition coefficient (Wildman–Crippen LogP) is 4.03. The first-order chi connectivity index (χ1) is 16.0. The highest BCUT2D eigenvalue weighted by atomic mass is 16.5. The van der Waals surface area contributed by atoms with Crippen LogP contribution in [0.15, 0.2) is 72.6 Å². The summed E-state index contributed by atoms with van der Waals surface area (Å²) in [5.74, 6) is -0.520. The van der Waals surface area contributed by atoms with E-state index in [4.69, 9.17) is 9.47 Å². The summed E-state index contributed by atoms with van der Waals surface area (Å²) in [5.41, 5.74) is 2.60. The van der Waals surface area contributed by atoms with Crippen molar-refractivity contribution in [3.63, 3.8) is 0 Å². The molecule has 0 radical (unpaired) electrons. The van der Waals surface area contributed by atoms with Crippen molar-refractivity contribution in [3.8, 4) is 11.5 Å². The molecule has 2 heterocycles. The van der Waals surface area contributed by atoms with Crippen molar-refractivity contribution in [2.24, 2.45) is 0 Å². The number of aliphatic hydroxyl groups excluding tert-OH is 1. The number of pyridine rings is 1. The number of nitrogens with zero attached hydrogens (tertiary/aromatic N) is 2. The molecule has 1 aromatic heterocycles. The first-order valence-electron chi connectivity index (χ1n) is 10.4. The van der Waals surface area contributed by atoms with Crippen LogP contribution in [0.4, 0.5) is 0 Å². The second kappa shape index (κ2) is 9.16. The maximum atomic E-state index is 13.2. The van der Waals surface area contributed by atoms with E-state index in [1.54, 1.807) is 62.0 Å². The van der Waals surface area contributed by atoms with Crippen LogP contribution < -0.4 is 9.47 Å². The Morgan fingerprint density at radius 3 is 2.45 bits per heavy atom. The lowest BCUT2D eigenvalue weighted by molar-refractivity contribution is -0.140. The van der Waals surface area contributed by atoms with Crippen molar-refractivity contribution in [1.82, 2.24) is 9.88 Å². The van der Waals surface area contributed by atoms with E-state index in [2.05, 4.69) is 4.98 Å². The molecule has 0 aliphatic carbocycles. The molecule has 1 fully saturated rings. The van der Waals surface area contributed by atoms with Crippen molar-refractivity contribution < 1.29 is 24.2 Å². The number of aliphatic hydroxyl groups is 1. The van der Waals surface area contributed by atoms with E-state index in [0.717, 1.165) is 11.1 Å². The Bertz CT molecular complexity index is 1240. The number of ketones is 1. The summed E-state index contributed by atoms with van der Waals surface area (Å²) < 4.78 is 10.8. The van der Waals surface area contributed by atoms with E-state index in [-0.39, 0.29) is 17.9 Å². The molecule has 1 saturated heterocycles. The van der Waals surface area contributed by atoms with Crippen LogP contribution in [0, 0.1) is 6.92 Å². The van der Waals surface area contributed by atoms with Crippen LogP contribution in [0.25, 0.3) is 5.76 Å². The number of hydrogen-bond acceptors (Lipinski definition) is 6. The monoisotopic (exact) mass is 444 g/mol. The number of carbonyl (C=O) groups excluding carboxylic acids is 2.